The van der Waals surface area contributed by atoms with Gasteiger partial charge >= 0.3 is 6.03 Å². The van der Waals surface area contributed by atoms with Crippen molar-refractivity contribution in [2.24, 2.45) is 0 Å². The summed E-state index contributed by atoms with van der Waals surface area (Å²) in [6, 6.07) is 14.4. The first-order chi connectivity index (χ1) is 16.2. The SMILES string of the molecule is COc1cc2ncnc(N3CCC(N4CCN(Cc5ccccc5)C4=O)CC3)c2cc1OC. The summed E-state index contributed by atoms with van der Waals surface area (Å²) in [6.07, 6.45) is 3.44. The molecule has 8 nitrogen and oxygen atoms in total. The maximum atomic E-state index is 13.1. The number of ether oxygens (including phenoxy) is 2. The molecule has 5 rings (SSSR count). The number of benzene rings is 2. The number of urea groups is 1. The first-order valence-electron chi connectivity index (χ1n) is 11.4. The summed E-state index contributed by atoms with van der Waals surface area (Å²) < 4.78 is 10.9. The molecule has 0 radical (unpaired) electrons. The Bertz CT molecular complexity index is 1130. The molecule has 33 heavy (non-hydrogen) atoms. The molecule has 0 N–H and O–H groups in total. The highest BCUT2D eigenvalue weighted by atomic mass is 16.5. The summed E-state index contributed by atoms with van der Waals surface area (Å²) in [5.74, 6) is 2.22. The summed E-state index contributed by atoms with van der Waals surface area (Å²) in [5.41, 5.74) is 2.00. The van der Waals surface area contributed by atoms with Crippen molar-refractivity contribution in [3.63, 3.8) is 0 Å². The van der Waals surface area contributed by atoms with Crippen LogP contribution in [-0.2, 0) is 6.54 Å². The topological polar surface area (TPSA) is 71.0 Å². The lowest BCUT2D eigenvalue weighted by atomic mass is 10.0. The zero-order chi connectivity index (χ0) is 22.8. The van der Waals surface area contributed by atoms with Crippen LogP contribution in [0.1, 0.15) is 18.4 Å². The molecule has 2 saturated heterocycles. The van der Waals surface area contributed by atoms with Gasteiger partial charge in [-0.25, -0.2) is 14.8 Å². The van der Waals surface area contributed by atoms with Crippen LogP contribution in [0.3, 0.4) is 0 Å². The van der Waals surface area contributed by atoms with Crippen LogP contribution in [0.4, 0.5) is 10.6 Å². The number of nitrogens with zero attached hydrogens (tertiary/aromatic N) is 5. The Kier molecular flexibility index (Phi) is 5.90. The number of fused-ring (bicyclic) bond motifs is 1. The predicted octanol–water partition coefficient (Wildman–Crippen LogP) is 3.55. The smallest absolute Gasteiger partial charge is 0.320 e. The van der Waals surface area contributed by atoms with Gasteiger partial charge in [0.1, 0.15) is 12.1 Å². The molecule has 0 bridgehead atoms. The van der Waals surface area contributed by atoms with E-state index in [0.29, 0.717) is 18.0 Å². The van der Waals surface area contributed by atoms with Gasteiger partial charge in [0.2, 0.25) is 0 Å². The molecule has 2 fully saturated rings. The lowest BCUT2D eigenvalue weighted by Gasteiger charge is -2.37. The van der Waals surface area contributed by atoms with E-state index in [0.717, 1.165) is 55.7 Å². The quantitative estimate of drug-likeness (QED) is 0.576. The van der Waals surface area contributed by atoms with E-state index in [4.69, 9.17) is 9.47 Å². The molecule has 1 aromatic heterocycles. The number of rotatable bonds is 6. The molecule has 0 atom stereocenters. The number of aromatic nitrogens is 2. The molecule has 2 amide bonds. The van der Waals surface area contributed by atoms with Gasteiger partial charge in [-0.05, 0) is 24.5 Å². The maximum Gasteiger partial charge on any atom is 0.320 e. The number of carbonyl (C=O) groups excluding carboxylic acids is 1. The average molecular weight is 448 g/mol. The highest BCUT2D eigenvalue weighted by Gasteiger charge is 2.35. The number of methoxy groups -OCH3 is 2. The van der Waals surface area contributed by atoms with E-state index in [1.807, 2.05) is 35.2 Å². The largest absolute Gasteiger partial charge is 0.493 e. The Morgan fingerprint density at radius 2 is 1.67 bits per heavy atom. The molecule has 3 heterocycles. The zero-order valence-corrected chi connectivity index (χ0v) is 19.1. The highest BCUT2D eigenvalue weighted by molar-refractivity contribution is 5.92. The molecular formula is C25H29N5O3. The van der Waals surface area contributed by atoms with Gasteiger partial charge in [-0.2, -0.15) is 0 Å². The molecule has 8 heteroatoms. The number of anilines is 1. The second kappa shape index (κ2) is 9.13. The van der Waals surface area contributed by atoms with Crippen LogP contribution < -0.4 is 14.4 Å². The van der Waals surface area contributed by atoms with E-state index in [1.54, 1.807) is 20.5 Å². The van der Waals surface area contributed by atoms with E-state index < -0.39 is 0 Å². The summed E-state index contributed by atoms with van der Waals surface area (Å²) in [5, 5.41) is 0.944. The number of hydrogen-bond donors (Lipinski definition) is 0. The summed E-state index contributed by atoms with van der Waals surface area (Å²) in [4.78, 5) is 28.4. The monoisotopic (exact) mass is 447 g/mol. The van der Waals surface area contributed by atoms with Gasteiger partial charge in [-0.15, -0.1) is 0 Å². The zero-order valence-electron chi connectivity index (χ0n) is 19.1. The van der Waals surface area contributed by atoms with E-state index in [1.165, 1.54) is 5.56 Å². The van der Waals surface area contributed by atoms with Crippen LogP contribution in [0, 0.1) is 0 Å². The minimum atomic E-state index is 0.154. The number of piperidine rings is 1. The Labute approximate surface area is 193 Å². The van der Waals surface area contributed by atoms with Gasteiger partial charge in [0, 0.05) is 50.2 Å². The van der Waals surface area contributed by atoms with E-state index >= 15 is 0 Å². The molecule has 172 valence electrons. The number of carbonyl (C=O) groups is 1. The van der Waals surface area contributed by atoms with Crippen LogP contribution >= 0.6 is 0 Å². The molecule has 3 aromatic rings. The third-order valence-electron chi connectivity index (χ3n) is 6.67. The van der Waals surface area contributed by atoms with Gasteiger partial charge in [0.05, 0.1) is 19.7 Å². The first kappa shape index (κ1) is 21.3. The van der Waals surface area contributed by atoms with Crippen molar-refractivity contribution >= 4 is 22.8 Å². The second-order valence-corrected chi connectivity index (χ2v) is 8.52. The van der Waals surface area contributed by atoms with E-state index in [9.17, 15) is 4.79 Å². The summed E-state index contributed by atoms with van der Waals surface area (Å²) in [7, 11) is 3.25. The number of amides is 2. The van der Waals surface area contributed by atoms with Crippen molar-refractivity contribution in [2.45, 2.75) is 25.4 Å². The van der Waals surface area contributed by atoms with Crippen molar-refractivity contribution in [2.75, 3.05) is 45.3 Å². The molecule has 0 saturated carbocycles. The van der Waals surface area contributed by atoms with Gasteiger partial charge in [0.25, 0.3) is 0 Å². The third kappa shape index (κ3) is 4.13. The molecule has 0 aliphatic carbocycles. The van der Waals surface area contributed by atoms with Crippen molar-refractivity contribution in [3.8, 4) is 11.5 Å². The molecule has 0 unspecified atom stereocenters. The van der Waals surface area contributed by atoms with E-state index in [-0.39, 0.29) is 12.1 Å². The first-order valence-corrected chi connectivity index (χ1v) is 11.4. The van der Waals surface area contributed by atoms with Crippen molar-refractivity contribution < 1.29 is 14.3 Å². The fourth-order valence-electron chi connectivity index (χ4n) is 4.90. The highest BCUT2D eigenvalue weighted by Crippen LogP contribution is 2.35. The van der Waals surface area contributed by atoms with Crippen LogP contribution in [-0.4, -0.2) is 72.2 Å². The predicted molar refractivity (Wildman–Crippen MR) is 127 cm³/mol. The Balaban J connectivity index is 1.27. The van der Waals surface area contributed by atoms with Crippen LogP contribution in [0.15, 0.2) is 48.8 Å². The van der Waals surface area contributed by atoms with Crippen LogP contribution in [0.5, 0.6) is 11.5 Å². The second-order valence-electron chi connectivity index (χ2n) is 8.52. The minimum absolute atomic E-state index is 0.154. The fraction of sp³-hybridized carbons (Fsp3) is 0.400. The van der Waals surface area contributed by atoms with E-state index in [2.05, 4.69) is 31.9 Å². The average Bonchev–Trinajstić information content (AvgIpc) is 3.23. The molecule has 2 aromatic carbocycles. The van der Waals surface area contributed by atoms with Gasteiger partial charge in [0.15, 0.2) is 11.5 Å². The standard InChI is InChI=1S/C25H29N5O3/c1-32-22-14-20-21(15-23(22)33-2)26-17-27-24(20)28-10-8-19(9-11-28)30-13-12-29(25(30)31)16-18-6-4-3-5-7-18/h3-7,14-15,17,19H,8-13,16H2,1-2H3. The Morgan fingerprint density at radius 3 is 2.39 bits per heavy atom. The van der Waals surface area contributed by atoms with Crippen molar-refractivity contribution in [3.05, 3.63) is 54.4 Å². The van der Waals surface area contributed by atoms with Crippen LogP contribution in [0.2, 0.25) is 0 Å². The molecule has 2 aliphatic heterocycles. The lowest BCUT2D eigenvalue weighted by Crippen LogP contribution is -2.46. The van der Waals surface area contributed by atoms with Gasteiger partial charge in [-0.3, -0.25) is 0 Å². The normalized spacial score (nSPS) is 17.2. The van der Waals surface area contributed by atoms with Gasteiger partial charge < -0.3 is 24.2 Å². The maximum absolute atomic E-state index is 13.1. The lowest BCUT2D eigenvalue weighted by molar-refractivity contribution is 0.167. The van der Waals surface area contributed by atoms with Crippen molar-refractivity contribution in [1.29, 1.82) is 0 Å². The Hall–Kier alpha value is -3.55. The molecule has 0 spiro atoms. The molecular weight excluding hydrogens is 418 g/mol. The summed E-state index contributed by atoms with van der Waals surface area (Å²) >= 11 is 0. The Morgan fingerprint density at radius 1 is 0.939 bits per heavy atom. The third-order valence-corrected chi connectivity index (χ3v) is 6.67. The van der Waals surface area contributed by atoms with Crippen molar-refractivity contribution in [1.82, 2.24) is 19.8 Å². The summed E-state index contributed by atoms with van der Waals surface area (Å²) in [6.45, 7) is 3.93. The number of hydrogen-bond acceptors (Lipinski definition) is 6. The fourth-order valence-corrected chi connectivity index (χ4v) is 4.90. The van der Waals surface area contributed by atoms with Crippen LogP contribution in [0.25, 0.3) is 10.9 Å². The minimum Gasteiger partial charge on any atom is -0.493 e. The van der Waals surface area contributed by atoms with Gasteiger partial charge in [-0.1, -0.05) is 30.3 Å². The molecule has 2 aliphatic rings.